The van der Waals surface area contributed by atoms with E-state index in [0.717, 1.165) is 29.5 Å². The first-order valence-corrected chi connectivity index (χ1v) is 14.5. The summed E-state index contributed by atoms with van der Waals surface area (Å²) in [5.74, 6) is -0.390. The van der Waals surface area contributed by atoms with Gasteiger partial charge in [0.2, 0.25) is 0 Å². The quantitative estimate of drug-likeness (QED) is 0.214. The van der Waals surface area contributed by atoms with Crippen LogP contribution in [0.2, 0.25) is 0 Å². The average Bonchev–Trinajstić information content (AvgIpc) is 2.74. The lowest BCUT2D eigenvalue weighted by Gasteiger charge is -2.30. The van der Waals surface area contributed by atoms with Crippen LogP contribution in [0, 0.1) is 0 Å². The summed E-state index contributed by atoms with van der Waals surface area (Å²) in [6.45, 7) is 14.9. The number of hydrogen-bond donors (Lipinski definition) is 2. The van der Waals surface area contributed by atoms with Crippen LogP contribution in [-0.4, -0.2) is 16.2 Å². The van der Waals surface area contributed by atoms with Gasteiger partial charge in [-0.3, -0.25) is 4.79 Å². The summed E-state index contributed by atoms with van der Waals surface area (Å²) in [5.41, 5.74) is 2.49. The SMILES string of the molecule is CCCCCCCCCCCCCCCC(CC(=O)O)c1cc(C(C)(C)C)c(O)c(C(C)(C)C)c1. The molecule has 0 aromatic heterocycles. The molecule has 0 heterocycles. The molecule has 202 valence electrons. The third-order valence-corrected chi connectivity index (χ3v) is 7.30. The van der Waals surface area contributed by atoms with Gasteiger partial charge < -0.3 is 10.2 Å². The molecule has 1 aromatic rings. The van der Waals surface area contributed by atoms with Crippen LogP contribution < -0.4 is 0 Å². The highest BCUT2D eigenvalue weighted by Gasteiger charge is 2.28. The lowest BCUT2D eigenvalue weighted by Crippen LogP contribution is -2.19. The maximum Gasteiger partial charge on any atom is 0.303 e. The van der Waals surface area contributed by atoms with Crippen LogP contribution in [0.3, 0.4) is 0 Å². The van der Waals surface area contributed by atoms with Crippen molar-refractivity contribution < 1.29 is 15.0 Å². The molecule has 3 nitrogen and oxygen atoms in total. The molecule has 35 heavy (non-hydrogen) atoms. The Morgan fingerprint density at radius 2 is 1.09 bits per heavy atom. The Hall–Kier alpha value is -1.51. The molecular weight excluding hydrogens is 432 g/mol. The normalized spacial score (nSPS) is 13.2. The Balaban J connectivity index is 2.62. The summed E-state index contributed by atoms with van der Waals surface area (Å²) in [6, 6.07) is 4.14. The molecule has 0 spiro atoms. The number of phenols is 1. The van der Waals surface area contributed by atoms with Gasteiger partial charge in [0.1, 0.15) is 5.75 Å². The van der Waals surface area contributed by atoms with Crippen LogP contribution in [-0.2, 0) is 15.6 Å². The second-order valence-corrected chi connectivity index (χ2v) is 12.8. The van der Waals surface area contributed by atoms with Crippen LogP contribution >= 0.6 is 0 Å². The van der Waals surface area contributed by atoms with Gasteiger partial charge in [-0.2, -0.15) is 0 Å². The van der Waals surface area contributed by atoms with Crippen LogP contribution in [0.1, 0.15) is 167 Å². The molecule has 0 fully saturated rings. The third kappa shape index (κ3) is 12.3. The second kappa shape index (κ2) is 15.6. The number of rotatable bonds is 17. The fourth-order valence-corrected chi connectivity index (χ4v) is 5.04. The Labute approximate surface area is 217 Å². The summed E-state index contributed by atoms with van der Waals surface area (Å²) in [7, 11) is 0. The molecule has 0 radical (unpaired) electrons. The minimum atomic E-state index is -0.743. The van der Waals surface area contributed by atoms with Crippen molar-refractivity contribution in [3.63, 3.8) is 0 Å². The zero-order valence-electron chi connectivity index (χ0n) is 24.1. The van der Waals surface area contributed by atoms with E-state index in [1.54, 1.807) is 0 Å². The highest BCUT2D eigenvalue weighted by atomic mass is 16.4. The molecular formula is C32H56O3. The number of carboxylic acid groups (broad SMARTS) is 1. The molecule has 1 unspecified atom stereocenters. The minimum absolute atomic E-state index is 0.0111. The molecule has 0 saturated carbocycles. The molecule has 0 aliphatic rings. The second-order valence-electron chi connectivity index (χ2n) is 12.8. The zero-order valence-corrected chi connectivity index (χ0v) is 24.1. The van der Waals surface area contributed by atoms with Crippen molar-refractivity contribution in [3.05, 3.63) is 28.8 Å². The van der Waals surface area contributed by atoms with Crippen LogP contribution in [0.4, 0.5) is 0 Å². The maximum absolute atomic E-state index is 11.7. The van der Waals surface area contributed by atoms with E-state index in [0.29, 0.717) is 5.75 Å². The molecule has 1 atom stereocenters. The molecule has 0 saturated heterocycles. The standard InChI is InChI=1S/C32H56O3/c1-8-9-10-11-12-13-14-15-16-17-18-19-20-21-25(24-29(33)34)26-22-27(31(2,3)4)30(35)28(23-26)32(5,6)7/h22-23,25,35H,8-21,24H2,1-7H3,(H,33,34). The molecule has 0 bridgehead atoms. The number of carboxylic acids is 1. The van der Waals surface area contributed by atoms with Gasteiger partial charge in [-0.15, -0.1) is 0 Å². The Bertz CT molecular complexity index is 701. The highest BCUT2D eigenvalue weighted by Crippen LogP contribution is 2.42. The third-order valence-electron chi connectivity index (χ3n) is 7.30. The Kier molecular flexibility index (Phi) is 14.0. The fourth-order valence-electron chi connectivity index (χ4n) is 5.04. The van der Waals surface area contributed by atoms with E-state index in [1.807, 2.05) is 0 Å². The fraction of sp³-hybridized carbons (Fsp3) is 0.781. The maximum atomic E-state index is 11.7. The van der Waals surface area contributed by atoms with Gasteiger partial charge in [-0.25, -0.2) is 0 Å². The van der Waals surface area contributed by atoms with Gasteiger partial charge in [0.05, 0.1) is 6.42 Å². The predicted octanol–water partition coefficient (Wildman–Crippen LogP) is 10.0. The van der Waals surface area contributed by atoms with Crippen molar-refractivity contribution in [2.75, 3.05) is 0 Å². The number of hydrogen-bond acceptors (Lipinski definition) is 2. The van der Waals surface area contributed by atoms with Crippen LogP contribution in [0.15, 0.2) is 12.1 Å². The number of carbonyl (C=O) groups is 1. The number of aromatic hydroxyl groups is 1. The molecule has 1 aromatic carbocycles. The van der Waals surface area contributed by atoms with Gasteiger partial charge in [-0.1, -0.05) is 144 Å². The smallest absolute Gasteiger partial charge is 0.303 e. The molecule has 0 aliphatic carbocycles. The lowest BCUT2D eigenvalue weighted by molar-refractivity contribution is -0.137. The molecule has 1 rings (SSSR count). The van der Waals surface area contributed by atoms with E-state index < -0.39 is 5.97 Å². The van der Waals surface area contributed by atoms with Gasteiger partial charge in [0, 0.05) is 0 Å². The van der Waals surface area contributed by atoms with Gasteiger partial charge in [-0.05, 0) is 39.9 Å². The summed E-state index contributed by atoms with van der Waals surface area (Å²) in [4.78, 5) is 11.7. The number of phenolic OH excluding ortho intramolecular Hbond substituents is 1. The number of benzene rings is 1. The Morgan fingerprint density at radius 3 is 1.43 bits per heavy atom. The number of aliphatic carboxylic acids is 1. The summed E-state index contributed by atoms with van der Waals surface area (Å²) < 4.78 is 0. The van der Waals surface area contributed by atoms with Crippen molar-refractivity contribution in [2.24, 2.45) is 0 Å². The predicted molar refractivity (Wildman–Crippen MR) is 151 cm³/mol. The molecule has 0 aliphatic heterocycles. The zero-order chi connectivity index (χ0) is 26.5. The minimum Gasteiger partial charge on any atom is -0.507 e. The first kappa shape index (κ1) is 31.5. The monoisotopic (exact) mass is 488 g/mol. The van der Waals surface area contributed by atoms with Crippen LogP contribution in [0.5, 0.6) is 5.75 Å². The van der Waals surface area contributed by atoms with E-state index in [4.69, 9.17) is 0 Å². The van der Waals surface area contributed by atoms with E-state index in [-0.39, 0.29) is 23.2 Å². The van der Waals surface area contributed by atoms with E-state index in [2.05, 4.69) is 60.6 Å². The largest absolute Gasteiger partial charge is 0.507 e. The van der Waals surface area contributed by atoms with Crippen molar-refractivity contribution in [2.45, 2.75) is 162 Å². The molecule has 3 heteroatoms. The first-order chi connectivity index (χ1) is 16.4. The summed E-state index contributed by atoms with van der Waals surface area (Å²) in [5, 5.41) is 20.6. The molecule has 0 amide bonds. The van der Waals surface area contributed by atoms with Crippen molar-refractivity contribution in [3.8, 4) is 5.75 Å². The van der Waals surface area contributed by atoms with Gasteiger partial charge in [0.15, 0.2) is 0 Å². The summed E-state index contributed by atoms with van der Waals surface area (Å²) >= 11 is 0. The average molecular weight is 489 g/mol. The topological polar surface area (TPSA) is 57.5 Å². The van der Waals surface area contributed by atoms with Crippen LogP contribution in [0.25, 0.3) is 0 Å². The molecule has 2 N–H and O–H groups in total. The van der Waals surface area contributed by atoms with Crippen molar-refractivity contribution in [1.29, 1.82) is 0 Å². The summed E-state index contributed by atoms with van der Waals surface area (Å²) in [6.07, 6.45) is 18.2. The first-order valence-electron chi connectivity index (χ1n) is 14.5. The van der Waals surface area contributed by atoms with Crippen molar-refractivity contribution in [1.82, 2.24) is 0 Å². The number of unbranched alkanes of at least 4 members (excludes halogenated alkanes) is 12. The highest BCUT2D eigenvalue weighted by molar-refractivity contribution is 5.68. The van der Waals surface area contributed by atoms with Gasteiger partial charge in [0.25, 0.3) is 0 Å². The van der Waals surface area contributed by atoms with Crippen molar-refractivity contribution >= 4 is 5.97 Å². The van der Waals surface area contributed by atoms with Gasteiger partial charge >= 0.3 is 5.97 Å². The van der Waals surface area contributed by atoms with E-state index in [9.17, 15) is 15.0 Å². The van der Waals surface area contributed by atoms with E-state index >= 15 is 0 Å². The lowest BCUT2D eigenvalue weighted by atomic mass is 9.76. The Morgan fingerprint density at radius 1 is 0.714 bits per heavy atom. The van der Waals surface area contributed by atoms with E-state index in [1.165, 1.54) is 77.0 Å².